The van der Waals surface area contributed by atoms with Crippen molar-refractivity contribution in [3.8, 4) is 10.6 Å². The standard InChI is InChI=1S/C16H15F3N2O3S/c17-16(18,19)11-5-3-4-10(8-11)15-21-12(9-25-15)14(24)20-7-2-1-6-13(22)23/h3-5,8-9H,1-2,6-7H2,(H,20,24)(H,22,23). The number of benzene rings is 1. The van der Waals surface area contributed by atoms with Crippen molar-refractivity contribution < 1.29 is 27.9 Å². The number of carbonyl (C=O) groups is 2. The predicted molar refractivity (Wildman–Crippen MR) is 86.4 cm³/mol. The summed E-state index contributed by atoms with van der Waals surface area (Å²) >= 11 is 1.08. The van der Waals surface area contributed by atoms with Crippen LogP contribution in [0.3, 0.4) is 0 Å². The van der Waals surface area contributed by atoms with Crippen LogP contribution in [-0.4, -0.2) is 28.5 Å². The molecule has 2 aromatic rings. The topological polar surface area (TPSA) is 79.3 Å². The van der Waals surface area contributed by atoms with Crippen LogP contribution in [0, 0.1) is 0 Å². The number of carbonyl (C=O) groups excluding carboxylic acids is 1. The molecular formula is C16H15F3N2O3S. The number of nitrogens with one attached hydrogen (secondary N) is 1. The number of carboxylic acid groups (broad SMARTS) is 1. The number of nitrogens with zero attached hydrogens (tertiary/aromatic N) is 1. The fourth-order valence-electron chi connectivity index (χ4n) is 2.03. The number of rotatable bonds is 7. The van der Waals surface area contributed by atoms with E-state index >= 15 is 0 Å². The quantitative estimate of drug-likeness (QED) is 0.725. The number of amides is 1. The number of unbranched alkanes of at least 4 members (excludes halogenated alkanes) is 1. The van der Waals surface area contributed by atoms with E-state index in [2.05, 4.69) is 10.3 Å². The van der Waals surface area contributed by atoms with Crippen LogP contribution < -0.4 is 5.32 Å². The smallest absolute Gasteiger partial charge is 0.416 e. The first-order chi connectivity index (χ1) is 11.8. The summed E-state index contributed by atoms with van der Waals surface area (Å²) in [5.74, 6) is -1.33. The van der Waals surface area contributed by atoms with Gasteiger partial charge in [0.25, 0.3) is 5.91 Å². The number of carboxylic acids is 1. The maximum absolute atomic E-state index is 12.8. The molecule has 0 saturated carbocycles. The van der Waals surface area contributed by atoms with Gasteiger partial charge >= 0.3 is 12.1 Å². The maximum atomic E-state index is 12.8. The second-order valence-electron chi connectivity index (χ2n) is 5.22. The molecule has 1 amide bonds. The number of alkyl halides is 3. The maximum Gasteiger partial charge on any atom is 0.416 e. The molecule has 1 heterocycles. The molecule has 0 fully saturated rings. The van der Waals surface area contributed by atoms with Crippen LogP contribution in [0.5, 0.6) is 0 Å². The molecule has 25 heavy (non-hydrogen) atoms. The van der Waals surface area contributed by atoms with E-state index in [0.717, 1.165) is 23.5 Å². The number of hydrogen-bond acceptors (Lipinski definition) is 4. The first-order valence-corrected chi connectivity index (χ1v) is 8.28. The summed E-state index contributed by atoms with van der Waals surface area (Å²) in [7, 11) is 0. The average molecular weight is 372 g/mol. The van der Waals surface area contributed by atoms with Gasteiger partial charge < -0.3 is 10.4 Å². The Morgan fingerprint density at radius 1 is 1.24 bits per heavy atom. The van der Waals surface area contributed by atoms with Crippen molar-refractivity contribution in [2.45, 2.75) is 25.4 Å². The Bertz CT molecular complexity index is 759. The highest BCUT2D eigenvalue weighted by Gasteiger charge is 2.30. The summed E-state index contributed by atoms with van der Waals surface area (Å²) in [5, 5.41) is 12.9. The van der Waals surface area contributed by atoms with Crippen LogP contribution in [0.1, 0.15) is 35.3 Å². The summed E-state index contributed by atoms with van der Waals surface area (Å²) < 4.78 is 38.3. The van der Waals surface area contributed by atoms with Crippen molar-refractivity contribution in [3.63, 3.8) is 0 Å². The van der Waals surface area contributed by atoms with Gasteiger partial charge in [-0.25, -0.2) is 4.98 Å². The summed E-state index contributed by atoms with van der Waals surface area (Å²) in [4.78, 5) is 26.4. The van der Waals surface area contributed by atoms with E-state index in [0.29, 0.717) is 30.0 Å². The van der Waals surface area contributed by atoms with Gasteiger partial charge in [0, 0.05) is 23.9 Å². The molecule has 134 valence electrons. The summed E-state index contributed by atoms with van der Waals surface area (Å²) in [6.45, 7) is 0.308. The Morgan fingerprint density at radius 2 is 2.00 bits per heavy atom. The van der Waals surface area contributed by atoms with E-state index in [1.807, 2.05) is 0 Å². The van der Waals surface area contributed by atoms with Crippen LogP contribution in [0.2, 0.25) is 0 Å². The molecular weight excluding hydrogens is 357 g/mol. The van der Waals surface area contributed by atoms with Gasteiger partial charge in [-0.1, -0.05) is 12.1 Å². The van der Waals surface area contributed by atoms with Crippen LogP contribution in [0.25, 0.3) is 10.6 Å². The molecule has 0 spiro atoms. The highest BCUT2D eigenvalue weighted by molar-refractivity contribution is 7.13. The molecule has 0 unspecified atom stereocenters. The lowest BCUT2D eigenvalue weighted by atomic mass is 10.1. The Labute approximate surface area is 145 Å². The molecule has 1 aromatic heterocycles. The molecule has 0 radical (unpaired) electrons. The van der Waals surface area contributed by atoms with Gasteiger partial charge in [-0.2, -0.15) is 13.2 Å². The van der Waals surface area contributed by atoms with Crippen molar-refractivity contribution in [1.29, 1.82) is 0 Å². The molecule has 0 saturated heterocycles. The van der Waals surface area contributed by atoms with Gasteiger partial charge in [0.15, 0.2) is 0 Å². The highest BCUT2D eigenvalue weighted by Crippen LogP contribution is 2.33. The minimum Gasteiger partial charge on any atom is -0.481 e. The van der Waals surface area contributed by atoms with Gasteiger partial charge in [-0.3, -0.25) is 9.59 Å². The van der Waals surface area contributed by atoms with Crippen molar-refractivity contribution in [1.82, 2.24) is 10.3 Å². The lowest BCUT2D eigenvalue weighted by Crippen LogP contribution is -2.24. The molecule has 0 bridgehead atoms. The van der Waals surface area contributed by atoms with Crippen molar-refractivity contribution >= 4 is 23.2 Å². The van der Waals surface area contributed by atoms with Crippen LogP contribution in [-0.2, 0) is 11.0 Å². The Hall–Kier alpha value is -2.42. The molecule has 0 aliphatic rings. The number of hydrogen-bond donors (Lipinski definition) is 2. The monoisotopic (exact) mass is 372 g/mol. The fourth-order valence-corrected chi connectivity index (χ4v) is 2.83. The zero-order chi connectivity index (χ0) is 18.4. The van der Waals surface area contributed by atoms with Crippen molar-refractivity contribution in [2.75, 3.05) is 6.54 Å². The summed E-state index contributed by atoms with van der Waals surface area (Å²) in [6, 6.07) is 4.76. The fraction of sp³-hybridized carbons (Fsp3) is 0.312. The number of aliphatic carboxylic acids is 1. The minimum atomic E-state index is -4.44. The zero-order valence-corrected chi connectivity index (χ0v) is 13.8. The Morgan fingerprint density at radius 3 is 2.68 bits per heavy atom. The van der Waals surface area contributed by atoms with Crippen LogP contribution >= 0.6 is 11.3 Å². The highest BCUT2D eigenvalue weighted by atomic mass is 32.1. The molecule has 0 atom stereocenters. The van der Waals surface area contributed by atoms with Gasteiger partial charge in [-0.05, 0) is 25.0 Å². The van der Waals surface area contributed by atoms with E-state index in [-0.39, 0.29) is 12.1 Å². The third-order valence-corrected chi connectivity index (χ3v) is 4.17. The van der Waals surface area contributed by atoms with Crippen molar-refractivity contribution in [2.24, 2.45) is 0 Å². The van der Waals surface area contributed by atoms with Gasteiger partial charge in [0.2, 0.25) is 0 Å². The summed E-state index contributed by atoms with van der Waals surface area (Å²) in [6.07, 6.45) is -3.44. The SMILES string of the molecule is O=C(O)CCCCNC(=O)c1csc(-c2cccc(C(F)(F)F)c2)n1. The molecule has 1 aromatic carbocycles. The van der Waals surface area contributed by atoms with E-state index in [1.165, 1.54) is 17.5 Å². The van der Waals surface area contributed by atoms with E-state index in [1.54, 1.807) is 0 Å². The first kappa shape index (κ1) is 18.9. The first-order valence-electron chi connectivity index (χ1n) is 7.40. The van der Waals surface area contributed by atoms with Gasteiger partial charge in [0.05, 0.1) is 5.56 Å². The van der Waals surface area contributed by atoms with E-state index in [4.69, 9.17) is 5.11 Å². The molecule has 2 N–H and O–H groups in total. The van der Waals surface area contributed by atoms with Gasteiger partial charge in [0.1, 0.15) is 10.7 Å². The second-order valence-corrected chi connectivity index (χ2v) is 6.08. The number of thiazole rings is 1. The van der Waals surface area contributed by atoms with Gasteiger partial charge in [-0.15, -0.1) is 11.3 Å². The number of halogens is 3. The largest absolute Gasteiger partial charge is 0.481 e. The zero-order valence-electron chi connectivity index (χ0n) is 13.0. The third-order valence-electron chi connectivity index (χ3n) is 3.28. The predicted octanol–water partition coefficient (Wildman–Crippen LogP) is 3.81. The van der Waals surface area contributed by atoms with E-state index in [9.17, 15) is 22.8 Å². The molecule has 9 heteroatoms. The molecule has 2 rings (SSSR count). The Balaban J connectivity index is 1.98. The van der Waals surface area contributed by atoms with Crippen molar-refractivity contribution in [3.05, 3.63) is 40.9 Å². The lowest BCUT2D eigenvalue weighted by molar-refractivity contribution is -0.138. The lowest BCUT2D eigenvalue weighted by Gasteiger charge is -2.07. The number of aromatic nitrogens is 1. The molecule has 0 aliphatic carbocycles. The molecule has 5 nitrogen and oxygen atoms in total. The normalized spacial score (nSPS) is 11.3. The summed E-state index contributed by atoms with van der Waals surface area (Å²) in [5.41, 5.74) is -0.361. The van der Waals surface area contributed by atoms with Crippen LogP contribution in [0.4, 0.5) is 13.2 Å². The molecule has 0 aliphatic heterocycles. The minimum absolute atomic E-state index is 0.0340. The Kier molecular flexibility index (Phi) is 6.13. The van der Waals surface area contributed by atoms with E-state index < -0.39 is 23.6 Å². The third kappa shape index (κ3) is 5.56. The second kappa shape index (κ2) is 8.11. The average Bonchev–Trinajstić information content (AvgIpc) is 3.03. The van der Waals surface area contributed by atoms with Crippen LogP contribution in [0.15, 0.2) is 29.6 Å².